The largest absolute Gasteiger partial charge is 0.489 e. The Kier molecular flexibility index (Phi) is 13.6. The van der Waals surface area contributed by atoms with Crippen LogP contribution in [-0.4, -0.2) is 0 Å². The van der Waals surface area contributed by atoms with Crippen molar-refractivity contribution in [3.8, 4) is 34.5 Å². The van der Waals surface area contributed by atoms with Crippen LogP contribution >= 0.6 is 0 Å². The molecular formula is C57H54O6. The van der Waals surface area contributed by atoms with Gasteiger partial charge in [-0.15, -0.1) is 0 Å². The van der Waals surface area contributed by atoms with E-state index in [1.165, 1.54) is 0 Å². The van der Waals surface area contributed by atoms with Crippen LogP contribution in [0.1, 0.15) is 65.3 Å². The van der Waals surface area contributed by atoms with Gasteiger partial charge in [-0.3, -0.25) is 0 Å². The molecule has 0 saturated heterocycles. The maximum atomic E-state index is 6.91. The molecule has 0 aliphatic rings. The van der Waals surface area contributed by atoms with E-state index in [9.17, 15) is 0 Å². The van der Waals surface area contributed by atoms with Crippen molar-refractivity contribution in [1.82, 2.24) is 0 Å². The first kappa shape index (κ1) is 42.5. The van der Waals surface area contributed by atoms with Gasteiger partial charge < -0.3 is 28.4 Å². The molecule has 0 unspecified atom stereocenters. The van der Waals surface area contributed by atoms with Gasteiger partial charge >= 0.3 is 0 Å². The molecule has 0 N–H and O–H groups in total. The summed E-state index contributed by atoms with van der Waals surface area (Å²) in [4.78, 5) is 0. The fourth-order valence-electron chi connectivity index (χ4n) is 7.43. The van der Waals surface area contributed by atoms with Crippen molar-refractivity contribution in [1.29, 1.82) is 0 Å². The average molecular weight is 835 g/mol. The van der Waals surface area contributed by atoms with E-state index in [0.717, 1.165) is 66.8 Å². The maximum Gasteiger partial charge on any atom is 0.131 e. The van der Waals surface area contributed by atoms with Gasteiger partial charge in [0, 0.05) is 28.5 Å². The van der Waals surface area contributed by atoms with E-state index < -0.39 is 0 Å². The lowest BCUT2D eigenvalue weighted by Gasteiger charge is -2.25. The summed E-state index contributed by atoms with van der Waals surface area (Å²) >= 11 is 0. The number of fused-ring (bicyclic) bond motifs is 1. The smallest absolute Gasteiger partial charge is 0.131 e. The SMILES string of the molecule is Cc1ccc2c(OCc3cc(OCc4ccccc4)cc(OCc4ccccc4)c3)c(C(C)(C)C)ccc2c1OCc1cc(OCc2ccccc2)cc(OCc2ccccc2)c1. The number of hydrogen-bond donors (Lipinski definition) is 0. The summed E-state index contributed by atoms with van der Waals surface area (Å²) in [5.41, 5.74) is 8.15. The molecule has 318 valence electrons. The van der Waals surface area contributed by atoms with Crippen molar-refractivity contribution in [2.75, 3.05) is 0 Å². The average Bonchev–Trinajstić information content (AvgIpc) is 3.31. The Labute approximate surface area is 371 Å². The third-order valence-corrected chi connectivity index (χ3v) is 10.7. The lowest BCUT2D eigenvalue weighted by Crippen LogP contribution is -2.14. The highest BCUT2D eigenvalue weighted by Crippen LogP contribution is 2.42. The van der Waals surface area contributed by atoms with Crippen molar-refractivity contribution >= 4 is 10.8 Å². The van der Waals surface area contributed by atoms with Gasteiger partial charge in [0.05, 0.1) is 0 Å². The zero-order valence-corrected chi connectivity index (χ0v) is 36.5. The van der Waals surface area contributed by atoms with Crippen molar-refractivity contribution in [2.45, 2.75) is 72.8 Å². The fraction of sp³-hybridized carbons (Fsp3) is 0.193. The minimum Gasteiger partial charge on any atom is -0.489 e. The van der Waals surface area contributed by atoms with Crippen LogP contribution in [0.4, 0.5) is 0 Å². The highest BCUT2D eigenvalue weighted by atomic mass is 16.5. The minimum atomic E-state index is -0.198. The predicted octanol–water partition coefficient (Wildman–Crippen LogP) is 13.9. The molecule has 0 aliphatic carbocycles. The number of aryl methyl sites for hydroxylation is 1. The molecule has 0 fully saturated rings. The molecule has 8 aromatic rings. The summed E-state index contributed by atoms with van der Waals surface area (Å²) in [5.74, 6) is 4.48. The van der Waals surface area contributed by atoms with E-state index in [-0.39, 0.29) is 5.41 Å². The molecule has 0 radical (unpaired) electrons. The van der Waals surface area contributed by atoms with Gasteiger partial charge in [-0.1, -0.05) is 166 Å². The molecule has 8 aromatic carbocycles. The molecule has 0 amide bonds. The molecule has 0 spiro atoms. The molecule has 0 atom stereocenters. The van der Waals surface area contributed by atoms with E-state index in [4.69, 9.17) is 28.4 Å². The lowest BCUT2D eigenvalue weighted by molar-refractivity contribution is 0.280. The Morgan fingerprint density at radius 1 is 0.317 bits per heavy atom. The molecule has 63 heavy (non-hydrogen) atoms. The highest BCUT2D eigenvalue weighted by Gasteiger charge is 2.23. The summed E-state index contributed by atoms with van der Waals surface area (Å²) < 4.78 is 39.0. The van der Waals surface area contributed by atoms with Gasteiger partial charge in [-0.05, 0) is 75.5 Å². The van der Waals surface area contributed by atoms with Crippen LogP contribution < -0.4 is 28.4 Å². The number of rotatable bonds is 18. The van der Waals surface area contributed by atoms with Gasteiger partial charge in [-0.25, -0.2) is 0 Å². The second kappa shape index (κ2) is 20.1. The minimum absolute atomic E-state index is 0.198. The van der Waals surface area contributed by atoms with Crippen molar-refractivity contribution in [3.63, 3.8) is 0 Å². The fourth-order valence-corrected chi connectivity index (χ4v) is 7.43. The van der Waals surface area contributed by atoms with Crippen LogP contribution in [0.25, 0.3) is 10.8 Å². The zero-order valence-electron chi connectivity index (χ0n) is 36.5. The molecule has 0 aliphatic heterocycles. The topological polar surface area (TPSA) is 55.4 Å². The van der Waals surface area contributed by atoms with Crippen LogP contribution in [0.3, 0.4) is 0 Å². The third-order valence-electron chi connectivity index (χ3n) is 10.7. The molecule has 8 rings (SSSR count). The zero-order chi connectivity index (χ0) is 43.4. The number of hydrogen-bond acceptors (Lipinski definition) is 6. The van der Waals surface area contributed by atoms with Gasteiger partial charge in [-0.2, -0.15) is 0 Å². The standard InChI is InChI=1S/C57H54O6/c1-41-25-26-53-52(55(41)62-39-46-29-48(58-35-42-17-9-5-10-18-42)33-49(30-46)59-36-43-19-11-6-12-20-43)27-28-54(57(2,3)4)56(53)63-40-47-31-50(60-37-44-21-13-7-14-22-44)34-51(32-47)61-38-45-23-15-8-16-24-45/h5-34H,35-40H2,1-4H3. The Balaban J connectivity index is 1.06. The Hall–Kier alpha value is -7.18. The summed E-state index contributed by atoms with van der Waals surface area (Å²) in [6.07, 6.45) is 0. The summed E-state index contributed by atoms with van der Waals surface area (Å²) in [7, 11) is 0. The summed E-state index contributed by atoms with van der Waals surface area (Å²) in [6.45, 7) is 11.1. The van der Waals surface area contributed by atoms with Crippen LogP contribution in [0.5, 0.6) is 34.5 Å². The first-order valence-corrected chi connectivity index (χ1v) is 21.5. The van der Waals surface area contributed by atoms with E-state index in [1.54, 1.807) is 0 Å². The molecule has 6 heteroatoms. The van der Waals surface area contributed by atoms with Gasteiger partial charge in [0.15, 0.2) is 0 Å². The van der Waals surface area contributed by atoms with Crippen LogP contribution in [-0.2, 0) is 45.1 Å². The second-order valence-corrected chi connectivity index (χ2v) is 16.8. The molecule has 0 aromatic heterocycles. The quantitative estimate of drug-likeness (QED) is 0.0858. The molecular weight excluding hydrogens is 781 g/mol. The van der Waals surface area contributed by atoms with Gasteiger partial charge in [0.1, 0.15) is 74.1 Å². The lowest BCUT2D eigenvalue weighted by atomic mass is 9.84. The van der Waals surface area contributed by atoms with E-state index in [0.29, 0.717) is 62.6 Å². The van der Waals surface area contributed by atoms with Crippen LogP contribution in [0.15, 0.2) is 182 Å². The Morgan fingerprint density at radius 2 is 0.635 bits per heavy atom. The highest BCUT2D eigenvalue weighted by molar-refractivity contribution is 5.95. The van der Waals surface area contributed by atoms with Crippen molar-refractivity contribution in [2.24, 2.45) is 0 Å². The normalized spacial score (nSPS) is 11.2. The first-order chi connectivity index (χ1) is 30.7. The Bertz CT molecular complexity index is 2590. The number of ether oxygens (including phenoxy) is 6. The summed E-state index contributed by atoms with van der Waals surface area (Å²) in [6, 6.07) is 61.3. The van der Waals surface area contributed by atoms with Crippen LogP contribution in [0.2, 0.25) is 0 Å². The van der Waals surface area contributed by atoms with Crippen molar-refractivity contribution < 1.29 is 28.4 Å². The number of benzene rings is 8. The predicted molar refractivity (Wildman–Crippen MR) is 252 cm³/mol. The van der Waals surface area contributed by atoms with E-state index >= 15 is 0 Å². The van der Waals surface area contributed by atoms with Gasteiger partial charge in [0.25, 0.3) is 0 Å². The molecule has 0 saturated carbocycles. The molecule has 0 bridgehead atoms. The van der Waals surface area contributed by atoms with Crippen LogP contribution in [0, 0.1) is 6.92 Å². The monoisotopic (exact) mass is 834 g/mol. The maximum absolute atomic E-state index is 6.91. The van der Waals surface area contributed by atoms with Crippen molar-refractivity contribution in [3.05, 3.63) is 226 Å². The Morgan fingerprint density at radius 3 is 1.00 bits per heavy atom. The molecule has 0 heterocycles. The second-order valence-electron chi connectivity index (χ2n) is 16.8. The van der Waals surface area contributed by atoms with E-state index in [2.05, 4.69) is 100 Å². The van der Waals surface area contributed by atoms with E-state index in [1.807, 2.05) is 109 Å². The third kappa shape index (κ3) is 11.6. The summed E-state index contributed by atoms with van der Waals surface area (Å²) in [5, 5.41) is 1.95. The molecule has 6 nitrogen and oxygen atoms in total. The first-order valence-electron chi connectivity index (χ1n) is 21.5. The van der Waals surface area contributed by atoms with Gasteiger partial charge in [0.2, 0.25) is 0 Å².